The van der Waals surface area contributed by atoms with Crippen LogP contribution in [-0.4, -0.2) is 16.2 Å². The maximum absolute atomic E-state index is 12.1. The van der Waals surface area contributed by atoms with Gasteiger partial charge in [0.1, 0.15) is 6.67 Å². The van der Waals surface area contributed by atoms with E-state index in [1.54, 1.807) is 18.5 Å². The minimum absolute atomic E-state index is 0.0985. The van der Waals surface area contributed by atoms with Crippen molar-refractivity contribution >= 4 is 0 Å². The number of rotatable bonds is 3. The number of hydrogen-bond acceptors (Lipinski definition) is 2. The lowest BCUT2D eigenvalue weighted by atomic mass is 10.2. The third kappa shape index (κ3) is 2.16. The molecule has 0 aliphatic heterocycles. The van der Waals surface area contributed by atoms with Gasteiger partial charge in [0.25, 0.3) is 5.56 Å². The second kappa shape index (κ2) is 4.70. The smallest absolute Gasteiger partial charge is 0.251 e. The molecule has 0 saturated heterocycles. The summed E-state index contributed by atoms with van der Waals surface area (Å²) in [6.45, 7) is -0.440. The number of aromatic nitrogens is 2. The Morgan fingerprint density at radius 1 is 1.31 bits per heavy atom. The van der Waals surface area contributed by atoms with Crippen LogP contribution in [0.15, 0.2) is 47.5 Å². The molecular weight excluding hydrogens is 207 g/mol. The summed E-state index contributed by atoms with van der Waals surface area (Å²) in [4.78, 5) is 15.7. The van der Waals surface area contributed by atoms with Gasteiger partial charge in [-0.2, -0.15) is 0 Å². The first kappa shape index (κ1) is 10.5. The third-order valence-corrected chi connectivity index (χ3v) is 2.28. The number of nitrogens with zero attached hydrogens (tertiary/aromatic N) is 2. The maximum Gasteiger partial charge on any atom is 0.251 e. The molecule has 0 radical (unpaired) electrons. The second-order valence-electron chi connectivity index (χ2n) is 3.35. The molecule has 0 fully saturated rings. The molecule has 0 spiro atoms. The molecule has 0 N–H and O–H groups in total. The van der Waals surface area contributed by atoms with Gasteiger partial charge >= 0.3 is 0 Å². The molecular formula is C12H11FN2O. The van der Waals surface area contributed by atoms with Gasteiger partial charge in [-0.15, -0.1) is 0 Å². The summed E-state index contributed by atoms with van der Waals surface area (Å²) in [6, 6.07) is 8.73. The first-order valence-corrected chi connectivity index (χ1v) is 4.99. The van der Waals surface area contributed by atoms with Gasteiger partial charge in [0.05, 0.1) is 12.2 Å². The average molecular weight is 218 g/mol. The molecule has 3 nitrogen and oxygen atoms in total. The molecule has 0 atom stereocenters. The molecule has 16 heavy (non-hydrogen) atoms. The molecule has 2 aromatic rings. The predicted molar refractivity (Wildman–Crippen MR) is 59.9 cm³/mol. The van der Waals surface area contributed by atoms with Crippen LogP contribution in [-0.2, 0) is 6.54 Å². The lowest BCUT2D eigenvalue weighted by Gasteiger charge is -2.04. The minimum Gasteiger partial charge on any atom is -0.313 e. The van der Waals surface area contributed by atoms with Gasteiger partial charge in [0.15, 0.2) is 0 Å². The highest BCUT2D eigenvalue weighted by atomic mass is 19.1. The van der Waals surface area contributed by atoms with E-state index in [4.69, 9.17) is 0 Å². The largest absolute Gasteiger partial charge is 0.313 e. The number of pyridine rings is 2. The lowest BCUT2D eigenvalue weighted by Crippen LogP contribution is -2.19. The van der Waals surface area contributed by atoms with E-state index in [9.17, 15) is 9.18 Å². The molecule has 0 aliphatic carbocycles. The van der Waals surface area contributed by atoms with Crippen LogP contribution in [0.2, 0.25) is 0 Å². The summed E-state index contributed by atoms with van der Waals surface area (Å²) in [5, 5.41) is 0. The van der Waals surface area contributed by atoms with Crippen molar-refractivity contribution in [2.45, 2.75) is 6.54 Å². The first-order chi connectivity index (χ1) is 7.81. The van der Waals surface area contributed by atoms with E-state index in [-0.39, 0.29) is 12.1 Å². The Morgan fingerprint density at radius 2 is 2.19 bits per heavy atom. The molecule has 0 bridgehead atoms. The number of alkyl halides is 1. The van der Waals surface area contributed by atoms with Gasteiger partial charge in [-0.3, -0.25) is 9.78 Å². The Morgan fingerprint density at radius 3 is 2.81 bits per heavy atom. The van der Waals surface area contributed by atoms with Crippen LogP contribution in [0.4, 0.5) is 4.39 Å². The van der Waals surface area contributed by atoms with Gasteiger partial charge in [0, 0.05) is 24.0 Å². The van der Waals surface area contributed by atoms with Crippen LogP contribution < -0.4 is 5.56 Å². The predicted octanol–water partition coefficient (Wildman–Crippen LogP) is 1.88. The fourth-order valence-electron chi connectivity index (χ4n) is 1.48. The summed E-state index contributed by atoms with van der Waals surface area (Å²) in [5.41, 5.74) is 1.29. The molecule has 2 aromatic heterocycles. The second-order valence-corrected chi connectivity index (χ2v) is 3.35. The van der Waals surface area contributed by atoms with E-state index in [2.05, 4.69) is 4.98 Å². The normalized spacial score (nSPS) is 10.3. The fraction of sp³-hybridized carbons (Fsp3) is 0.167. The van der Waals surface area contributed by atoms with Crippen molar-refractivity contribution < 1.29 is 4.39 Å². The van der Waals surface area contributed by atoms with E-state index >= 15 is 0 Å². The van der Waals surface area contributed by atoms with Crippen molar-refractivity contribution in [1.82, 2.24) is 9.55 Å². The van der Waals surface area contributed by atoms with Gasteiger partial charge in [-0.1, -0.05) is 6.07 Å². The van der Waals surface area contributed by atoms with Crippen LogP contribution in [0.3, 0.4) is 0 Å². The van der Waals surface area contributed by atoms with Crippen LogP contribution in [0.5, 0.6) is 0 Å². The summed E-state index contributed by atoms with van der Waals surface area (Å²) >= 11 is 0. The van der Waals surface area contributed by atoms with E-state index in [0.29, 0.717) is 0 Å². The SMILES string of the molecule is O=c1cc(-c2ccccn2)ccn1CCF. The van der Waals surface area contributed by atoms with E-state index < -0.39 is 6.67 Å². The quantitative estimate of drug-likeness (QED) is 0.788. The van der Waals surface area contributed by atoms with Crippen molar-refractivity contribution in [2.24, 2.45) is 0 Å². The van der Waals surface area contributed by atoms with Crippen LogP contribution in [0.1, 0.15) is 0 Å². The van der Waals surface area contributed by atoms with Gasteiger partial charge < -0.3 is 4.57 Å². The molecule has 0 amide bonds. The summed E-state index contributed by atoms with van der Waals surface area (Å²) < 4.78 is 13.4. The summed E-state index contributed by atoms with van der Waals surface area (Å²) in [7, 11) is 0. The Labute approximate surface area is 92.2 Å². The van der Waals surface area contributed by atoms with Gasteiger partial charge in [0.2, 0.25) is 0 Å². The van der Waals surface area contributed by atoms with Gasteiger partial charge in [-0.05, 0) is 18.2 Å². The van der Waals surface area contributed by atoms with Crippen LogP contribution in [0.25, 0.3) is 11.3 Å². The topological polar surface area (TPSA) is 34.9 Å². The third-order valence-electron chi connectivity index (χ3n) is 2.28. The Kier molecular flexibility index (Phi) is 3.10. The highest BCUT2D eigenvalue weighted by Gasteiger charge is 2.01. The van der Waals surface area contributed by atoms with Crippen molar-refractivity contribution in [1.29, 1.82) is 0 Å². The molecule has 0 unspecified atom stereocenters. The van der Waals surface area contributed by atoms with Crippen LogP contribution >= 0.6 is 0 Å². The Bertz CT molecular complexity index is 522. The molecule has 0 saturated carbocycles. The molecule has 0 aliphatic rings. The zero-order valence-electron chi connectivity index (χ0n) is 8.64. The van der Waals surface area contributed by atoms with Crippen LogP contribution in [0, 0.1) is 0 Å². The summed E-state index contributed by atoms with van der Waals surface area (Å²) in [5.74, 6) is 0. The fourth-order valence-corrected chi connectivity index (χ4v) is 1.48. The molecule has 2 heterocycles. The van der Waals surface area contributed by atoms with Crippen molar-refractivity contribution in [3.8, 4) is 11.3 Å². The maximum atomic E-state index is 12.1. The molecule has 82 valence electrons. The van der Waals surface area contributed by atoms with Crippen molar-refractivity contribution in [3.63, 3.8) is 0 Å². The highest BCUT2D eigenvalue weighted by molar-refractivity contribution is 5.57. The Balaban J connectivity index is 2.39. The number of aryl methyl sites for hydroxylation is 1. The molecule has 0 aromatic carbocycles. The van der Waals surface area contributed by atoms with E-state index in [1.807, 2.05) is 18.2 Å². The van der Waals surface area contributed by atoms with Crippen molar-refractivity contribution in [2.75, 3.05) is 6.67 Å². The number of hydrogen-bond donors (Lipinski definition) is 0. The van der Waals surface area contributed by atoms with E-state index in [1.165, 1.54) is 10.6 Å². The first-order valence-electron chi connectivity index (χ1n) is 4.99. The highest BCUT2D eigenvalue weighted by Crippen LogP contribution is 2.12. The lowest BCUT2D eigenvalue weighted by molar-refractivity contribution is 0.440. The minimum atomic E-state index is -0.539. The monoisotopic (exact) mass is 218 g/mol. The average Bonchev–Trinajstić information content (AvgIpc) is 2.33. The van der Waals surface area contributed by atoms with E-state index in [0.717, 1.165) is 11.3 Å². The van der Waals surface area contributed by atoms with Crippen molar-refractivity contribution in [3.05, 3.63) is 53.1 Å². The molecule has 2 rings (SSSR count). The Hall–Kier alpha value is -1.97. The zero-order chi connectivity index (χ0) is 11.4. The van der Waals surface area contributed by atoms with Gasteiger partial charge in [-0.25, -0.2) is 4.39 Å². The molecule has 4 heteroatoms. The number of halogens is 1. The standard InChI is InChI=1S/C12H11FN2O/c13-5-8-15-7-4-10(9-12(15)16)11-3-1-2-6-14-11/h1-4,6-7,9H,5,8H2. The zero-order valence-corrected chi connectivity index (χ0v) is 8.64. The summed E-state index contributed by atoms with van der Waals surface area (Å²) in [6.07, 6.45) is 3.26.